The van der Waals surface area contributed by atoms with Gasteiger partial charge in [-0.1, -0.05) is 24.3 Å². The molecule has 0 heterocycles. The number of hydrogen-bond donors (Lipinski definition) is 3. The minimum atomic E-state index is -0.652. The van der Waals surface area contributed by atoms with E-state index >= 15 is 0 Å². The van der Waals surface area contributed by atoms with E-state index in [4.69, 9.17) is 33.2 Å². The Labute approximate surface area is 329 Å². The molecule has 0 bridgehead atoms. The second-order valence-electron chi connectivity index (χ2n) is 15.2. The largest absolute Gasteiger partial charge is 0.493 e. The quantitative estimate of drug-likeness (QED) is 0.0596. The molecule has 56 heavy (non-hydrogen) atoms. The van der Waals surface area contributed by atoms with Gasteiger partial charge in [-0.25, -0.2) is 14.4 Å². The molecular weight excluding hydrogens is 726 g/mol. The number of carbonyl (C=O) groups excluding carboxylic acids is 5. The maximum Gasteiger partial charge on any atom is 0.407 e. The maximum atomic E-state index is 12.7. The summed E-state index contributed by atoms with van der Waals surface area (Å²) >= 11 is 0. The van der Waals surface area contributed by atoms with Crippen LogP contribution in [0, 0.1) is 0 Å². The summed E-state index contributed by atoms with van der Waals surface area (Å²) in [5, 5.41) is 7.86. The van der Waals surface area contributed by atoms with Gasteiger partial charge < -0.3 is 49.1 Å². The first kappa shape index (κ1) is 46.4. The second-order valence-corrected chi connectivity index (χ2v) is 15.2. The molecule has 15 heteroatoms. The van der Waals surface area contributed by atoms with Gasteiger partial charge in [-0.15, -0.1) is 0 Å². The lowest BCUT2D eigenvalue weighted by molar-refractivity contribution is -0.121. The number of nitrogens with one attached hydrogen (secondary N) is 3. The lowest BCUT2D eigenvalue weighted by Crippen LogP contribution is -2.35. The van der Waals surface area contributed by atoms with Crippen molar-refractivity contribution in [2.45, 2.75) is 85.5 Å². The summed E-state index contributed by atoms with van der Waals surface area (Å²) in [5.41, 5.74) is -0.660. The minimum absolute atomic E-state index is 0.0770. The molecule has 2 aromatic rings. The summed E-state index contributed by atoms with van der Waals surface area (Å²) in [6.07, 6.45) is 3.66. The Balaban J connectivity index is 1.99. The molecule has 3 N–H and O–H groups in total. The van der Waals surface area contributed by atoms with Crippen molar-refractivity contribution in [3.8, 4) is 23.0 Å². The fourth-order valence-corrected chi connectivity index (χ4v) is 4.32. The van der Waals surface area contributed by atoms with E-state index in [-0.39, 0.29) is 45.9 Å². The number of benzene rings is 2. The van der Waals surface area contributed by atoms with Gasteiger partial charge in [0, 0.05) is 0 Å². The predicted molar refractivity (Wildman–Crippen MR) is 211 cm³/mol. The predicted octanol–water partition coefficient (Wildman–Crippen LogP) is 6.66. The Morgan fingerprint density at radius 1 is 0.518 bits per heavy atom. The molecule has 0 aliphatic carbocycles. The molecular formula is C41H57N3O12. The van der Waals surface area contributed by atoms with E-state index in [2.05, 4.69) is 16.0 Å². The van der Waals surface area contributed by atoms with Gasteiger partial charge in [0.2, 0.25) is 0 Å². The minimum Gasteiger partial charge on any atom is -0.493 e. The van der Waals surface area contributed by atoms with Crippen LogP contribution >= 0.6 is 0 Å². The van der Waals surface area contributed by atoms with Gasteiger partial charge in [-0.05, 0) is 110 Å². The first-order chi connectivity index (χ1) is 26.1. The molecule has 0 radical (unpaired) electrons. The molecule has 2 rings (SSSR count). The number of methoxy groups -OCH3 is 1. The van der Waals surface area contributed by atoms with E-state index in [1.807, 2.05) is 0 Å². The van der Waals surface area contributed by atoms with Crippen molar-refractivity contribution in [3.63, 3.8) is 0 Å². The highest BCUT2D eigenvalue weighted by atomic mass is 16.6. The SMILES string of the molecule is COc1cc(/C=C/C(=O)CC(=O)/C=C/c2ccc(OCCNC(=O)OC(C)(C)C)c(OCCNC(=O)OC(C)(C)C)c2)ccc1OCCNC(=O)OC(C)(C)C. The molecule has 308 valence electrons. The first-order valence-corrected chi connectivity index (χ1v) is 18.2. The van der Waals surface area contributed by atoms with E-state index in [0.29, 0.717) is 34.1 Å². The standard InChI is InChI=1S/C41H57N3O12/c1-39(2,3)54-36(47)42-19-22-51-32-17-13-28(25-34(32)50-10)11-15-30(45)27-31(46)16-12-29-14-18-33(52-23-20-43-37(48)55-40(4,5)6)35(26-29)53-24-21-44-38(49)56-41(7,8)9/h11-18,25-26H,19-24,27H2,1-10H3,(H,42,47)(H,43,48)(H,44,49)/b15-11+,16-12+. The summed E-state index contributed by atoms with van der Waals surface area (Å²) in [5.74, 6) is 0.737. The topological polar surface area (TPSA) is 186 Å². The van der Waals surface area contributed by atoms with Crippen LogP contribution in [0.25, 0.3) is 12.2 Å². The molecule has 0 spiro atoms. The molecule has 0 saturated heterocycles. The molecule has 0 aliphatic rings. The summed E-state index contributed by atoms with van der Waals surface area (Å²) in [6.45, 7) is 16.8. The highest BCUT2D eigenvalue weighted by Gasteiger charge is 2.18. The maximum absolute atomic E-state index is 12.7. The Hall–Kier alpha value is -5.73. The van der Waals surface area contributed by atoms with Crippen LogP contribution in [0.1, 0.15) is 79.9 Å². The molecule has 2 aromatic carbocycles. The van der Waals surface area contributed by atoms with Crippen molar-refractivity contribution in [2.24, 2.45) is 0 Å². The van der Waals surface area contributed by atoms with Crippen molar-refractivity contribution >= 4 is 42.0 Å². The van der Waals surface area contributed by atoms with Gasteiger partial charge in [0.05, 0.1) is 33.2 Å². The van der Waals surface area contributed by atoms with E-state index in [1.54, 1.807) is 111 Å². The zero-order valence-electron chi connectivity index (χ0n) is 34.1. The third-order valence-corrected chi connectivity index (χ3v) is 6.51. The molecule has 3 amide bonds. The van der Waals surface area contributed by atoms with Gasteiger partial charge in [0.25, 0.3) is 0 Å². The van der Waals surface area contributed by atoms with Gasteiger partial charge >= 0.3 is 18.3 Å². The fraction of sp³-hybridized carbons (Fsp3) is 0.488. The van der Waals surface area contributed by atoms with Crippen LogP contribution in [0.2, 0.25) is 0 Å². The molecule has 0 fully saturated rings. The van der Waals surface area contributed by atoms with Crippen molar-refractivity contribution in [2.75, 3.05) is 46.6 Å². The second kappa shape index (κ2) is 22.0. The van der Waals surface area contributed by atoms with Crippen molar-refractivity contribution < 1.29 is 57.1 Å². The number of rotatable bonds is 19. The van der Waals surface area contributed by atoms with Crippen LogP contribution in [-0.4, -0.2) is 93.2 Å². The average Bonchev–Trinajstić information content (AvgIpc) is 3.07. The smallest absolute Gasteiger partial charge is 0.407 e. The van der Waals surface area contributed by atoms with Gasteiger partial charge in [-0.2, -0.15) is 0 Å². The van der Waals surface area contributed by atoms with E-state index in [0.717, 1.165) is 0 Å². The van der Waals surface area contributed by atoms with Crippen LogP contribution < -0.4 is 34.9 Å². The Morgan fingerprint density at radius 3 is 1.21 bits per heavy atom. The van der Waals surface area contributed by atoms with Crippen LogP contribution in [0.15, 0.2) is 48.6 Å². The zero-order valence-corrected chi connectivity index (χ0v) is 34.1. The molecule has 0 aromatic heterocycles. The number of ether oxygens (including phenoxy) is 7. The summed E-state index contributed by atoms with van der Waals surface area (Å²) in [6, 6.07) is 10.1. The Morgan fingerprint density at radius 2 is 0.857 bits per heavy atom. The fourth-order valence-electron chi connectivity index (χ4n) is 4.32. The number of hydrogen-bond acceptors (Lipinski definition) is 12. The first-order valence-electron chi connectivity index (χ1n) is 18.2. The number of alkyl carbamates (subject to hydrolysis) is 3. The molecule has 15 nitrogen and oxygen atoms in total. The average molecular weight is 784 g/mol. The van der Waals surface area contributed by atoms with Gasteiger partial charge in [0.1, 0.15) is 36.6 Å². The van der Waals surface area contributed by atoms with Crippen LogP contribution in [0.3, 0.4) is 0 Å². The molecule has 0 aliphatic heterocycles. The molecule has 0 unspecified atom stereocenters. The number of ketones is 2. The summed E-state index contributed by atoms with van der Waals surface area (Å²) in [4.78, 5) is 61.1. The summed E-state index contributed by atoms with van der Waals surface area (Å²) < 4.78 is 38.5. The van der Waals surface area contributed by atoms with Crippen LogP contribution in [0.4, 0.5) is 14.4 Å². The Bertz CT molecular complexity index is 1700. The van der Waals surface area contributed by atoms with Crippen molar-refractivity contribution in [1.29, 1.82) is 0 Å². The highest BCUT2D eigenvalue weighted by molar-refractivity contribution is 6.10. The van der Waals surface area contributed by atoms with Gasteiger partial charge in [0.15, 0.2) is 34.6 Å². The monoisotopic (exact) mass is 783 g/mol. The highest BCUT2D eigenvalue weighted by Crippen LogP contribution is 2.30. The van der Waals surface area contributed by atoms with Crippen molar-refractivity contribution in [1.82, 2.24) is 16.0 Å². The lowest BCUT2D eigenvalue weighted by Gasteiger charge is -2.20. The lowest BCUT2D eigenvalue weighted by atomic mass is 10.1. The number of amides is 3. The normalized spacial score (nSPS) is 11.8. The zero-order chi connectivity index (χ0) is 41.9. The molecule has 0 atom stereocenters. The Kier molecular flexibility index (Phi) is 18.2. The van der Waals surface area contributed by atoms with E-state index in [9.17, 15) is 24.0 Å². The van der Waals surface area contributed by atoms with Gasteiger partial charge in [-0.3, -0.25) is 9.59 Å². The molecule has 0 saturated carbocycles. The third-order valence-electron chi connectivity index (χ3n) is 6.51. The van der Waals surface area contributed by atoms with Crippen LogP contribution in [0.5, 0.6) is 23.0 Å². The summed E-state index contributed by atoms with van der Waals surface area (Å²) in [7, 11) is 1.48. The van der Waals surface area contributed by atoms with E-state index in [1.165, 1.54) is 19.3 Å². The number of carbonyl (C=O) groups is 5. The van der Waals surface area contributed by atoms with Crippen molar-refractivity contribution in [3.05, 3.63) is 59.7 Å². The number of allylic oxidation sites excluding steroid dienone is 2. The third kappa shape index (κ3) is 20.7. The van der Waals surface area contributed by atoms with Crippen LogP contribution in [-0.2, 0) is 23.8 Å². The van der Waals surface area contributed by atoms with E-state index < -0.39 is 46.6 Å².